The third kappa shape index (κ3) is 4.06. The molecule has 0 radical (unpaired) electrons. The zero-order chi connectivity index (χ0) is 18.0. The lowest BCUT2D eigenvalue weighted by molar-refractivity contribution is -0.0610. The molecule has 1 amide bonds. The molecule has 0 heterocycles. The lowest BCUT2D eigenvalue weighted by Gasteiger charge is -2.46. The minimum atomic E-state index is -3.32. The number of hydrogen-bond donors (Lipinski definition) is 3. The Balaban J connectivity index is 2.34. The molecule has 0 bridgehead atoms. The van der Waals surface area contributed by atoms with Crippen molar-refractivity contribution in [2.24, 2.45) is 5.73 Å². The summed E-state index contributed by atoms with van der Waals surface area (Å²) >= 11 is 0. The lowest BCUT2D eigenvalue weighted by atomic mass is 9.79. The number of carboxylic acid groups (broad SMARTS) is 1. The first-order valence-corrected chi connectivity index (χ1v) is 9.77. The van der Waals surface area contributed by atoms with E-state index in [0.717, 1.165) is 16.7 Å². The van der Waals surface area contributed by atoms with Crippen molar-refractivity contribution >= 4 is 15.9 Å². The van der Waals surface area contributed by atoms with Crippen LogP contribution in [0.5, 0.6) is 0 Å². The van der Waals surface area contributed by atoms with E-state index >= 15 is 0 Å². The molecule has 1 aliphatic rings. The summed E-state index contributed by atoms with van der Waals surface area (Å²) < 4.78 is 23.8. The summed E-state index contributed by atoms with van der Waals surface area (Å²) in [6, 6.07) is 8.12. The van der Waals surface area contributed by atoms with E-state index in [0.29, 0.717) is 0 Å². The molecule has 1 aromatic carbocycles. The largest absolute Gasteiger partial charge is 0.465 e. The molecule has 1 aliphatic carbocycles. The van der Waals surface area contributed by atoms with Crippen LogP contribution in [0.4, 0.5) is 4.79 Å². The molecule has 8 heteroatoms. The van der Waals surface area contributed by atoms with E-state index in [1.807, 2.05) is 6.07 Å². The highest BCUT2D eigenvalue weighted by molar-refractivity contribution is 7.91. The van der Waals surface area contributed by atoms with Crippen molar-refractivity contribution in [2.45, 2.75) is 42.7 Å². The molecule has 2 rings (SSSR count). The van der Waals surface area contributed by atoms with Gasteiger partial charge in [-0.1, -0.05) is 30.3 Å². The van der Waals surface area contributed by atoms with Gasteiger partial charge in [-0.3, -0.25) is 4.90 Å². The van der Waals surface area contributed by atoms with E-state index in [1.165, 1.54) is 0 Å². The number of rotatable bonds is 5. The molecule has 7 nitrogen and oxygen atoms in total. The number of aliphatic hydroxyl groups is 1. The van der Waals surface area contributed by atoms with Gasteiger partial charge < -0.3 is 15.9 Å². The van der Waals surface area contributed by atoms with E-state index < -0.39 is 32.8 Å². The van der Waals surface area contributed by atoms with Gasteiger partial charge in [0.2, 0.25) is 0 Å². The summed E-state index contributed by atoms with van der Waals surface area (Å²) in [7, 11) is -3.32. The van der Waals surface area contributed by atoms with Crippen molar-refractivity contribution in [3.63, 3.8) is 0 Å². The van der Waals surface area contributed by atoms with Gasteiger partial charge in [0, 0.05) is 19.3 Å². The Kier molecular flexibility index (Phi) is 5.52. The average Bonchev–Trinajstić information content (AvgIpc) is 2.53. The van der Waals surface area contributed by atoms with Crippen LogP contribution < -0.4 is 5.73 Å². The summed E-state index contributed by atoms with van der Waals surface area (Å²) in [5.74, 6) is 0. The van der Waals surface area contributed by atoms with Gasteiger partial charge in [-0.05, 0) is 24.8 Å². The van der Waals surface area contributed by atoms with Crippen LogP contribution in [0.15, 0.2) is 30.3 Å². The SMILES string of the molecule is CS(=O)(=O)C1CCC(O)(CN)C(N(Cc2ccccc2)C(=O)O)C1. The molecular formula is C16H24N2O5S. The van der Waals surface area contributed by atoms with Crippen LogP contribution in [-0.2, 0) is 16.4 Å². The van der Waals surface area contributed by atoms with E-state index in [9.17, 15) is 23.4 Å². The Morgan fingerprint density at radius 3 is 2.50 bits per heavy atom. The summed E-state index contributed by atoms with van der Waals surface area (Å²) in [5, 5.41) is 19.7. The van der Waals surface area contributed by atoms with Crippen LogP contribution in [-0.4, -0.2) is 59.3 Å². The molecule has 0 aliphatic heterocycles. The Hall–Kier alpha value is -1.64. The maximum atomic E-state index is 11.9. The maximum Gasteiger partial charge on any atom is 0.407 e. The van der Waals surface area contributed by atoms with Crippen molar-refractivity contribution in [3.05, 3.63) is 35.9 Å². The molecule has 134 valence electrons. The third-order valence-corrected chi connectivity index (χ3v) is 6.42. The average molecular weight is 356 g/mol. The molecule has 4 N–H and O–H groups in total. The second-order valence-corrected chi connectivity index (χ2v) is 8.77. The van der Waals surface area contributed by atoms with Gasteiger partial charge in [0.05, 0.1) is 16.9 Å². The molecular weight excluding hydrogens is 332 g/mol. The van der Waals surface area contributed by atoms with Gasteiger partial charge in [0.15, 0.2) is 0 Å². The minimum absolute atomic E-state index is 0.0473. The Morgan fingerprint density at radius 1 is 1.38 bits per heavy atom. The zero-order valence-corrected chi connectivity index (χ0v) is 14.4. The van der Waals surface area contributed by atoms with Crippen molar-refractivity contribution in [1.82, 2.24) is 4.90 Å². The zero-order valence-electron chi connectivity index (χ0n) is 13.6. The molecule has 0 spiro atoms. The molecule has 24 heavy (non-hydrogen) atoms. The monoisotopic (exact) mass is 356 g/mol. The molecule has 1 saturated carbocycles. The van der Waals surface area contributed by atoms with Crippen LogP contribution in [0.1, 0.15) is 24.8 Å². The number of nitrogens with two attached hydrogens (primary N) is 1. The summed E-state index contributed by atoms with van der Waals surface area (Å²) in [5.41, 5.74) is 5.04. The van der Waals surface area contributed by atoms with Crippen LogP contribution in [0.3, 0.4) is 0 Å². The first-order chi connectivity index (χ1) is 11.2. The van der Waals surface area contributed by atoms with Gasteiger partial charge >= 0.3 is 6.09 Å². The fourth-order valence-electron chi connectivity index (χ4n) is 3.30. The number of sulfone groups is 1. The first kappa shape index (κ1) is 18.7. The van der Waals surface area contributed by atoms with Crippen LogP contribution in [0.25, 0.3) is 0 Å². The Labute approximate surface area is 142 Å². The highest BCUT2D eigenvalue weighted by Crippen LogP contribution is 2.35. The molecule has 0 saturated heterocycles. The number of benzene rings is 1. The smallest absolute Gasteiger partial charge is 0.407 e. The van der Waals surface area contributed by atoms with E-state index in [1.54, 1.807) is 24.3 Å². The summed E-state index contributed by atoms with van der Waals surface area (Å²) in [6.07, 6.45) is 0.423. The van der Waals surface area contributed by atoms with Gasteiger partial charge in [0.1, 0.15) is 9.84 Å². The van der Waals surface area contributed by atoms with Crippen molar-refractivity contribution in [2.75, 3.05) is 12.8 Å². The van der Waals surface area contributed by atoms with E-state index in [2.05, 4.69) is 0 Å². The minimum Gasteiger partial charge on any atom is -0.465 e. The molecule has 0 aromatic heterocycles. The molecule has 1 aromatic rings. The normalized spacial score (nSPS) is 27.6. The second-order valence-electron chi connectivity index (χ2n) is 6.45. The fourth-order valence-corrected chi connectivity index (χ4v) is 4.38. The molecule has 3 atom stereocenters. The van der Waals surface area contributed by atoms with Crippen LogP contribution in [0, 0.1) is 0 Å². The van der Waals surface area contributed by atoms with Gasteiger partial charge in [-0.25, -0.2) is 13.2 Å². The second kappa shape index (κ2) is 7.08. The third-order valence-electron chi connectivity index (χ3n) is 4.78. The lowest BCUT2D eigenvalue weighted by Crippen LogP contribution is -2.61. The predicted octanol–water partition coefficient (Wildman–Crippen LogP) is 0.822. The highest BCUT2D eigenvalue weighted by Gasteiger charge is 2.47. The van der Waals surface area contributed by atoms with Crippen molar-refractivity contribution in [1.29, 1.82) is 0 Å². The number of nitrogens with zero attached hydrogens (tertiary/aromatic N) is 1. The Morgan fingerprint density at radius 2 is 2.00 bits per heavy atom. The fraction of sp³-hybridized carbons (Fsp3) is 0.562. The van der Waals surface area contributed by atoms with Crippen LogP contribution >= 0.6 is 0 Å². The van der Waals surface area contributed by atoms with Gasteiger partial charge in [-0.2, -0.15) is 0 Å². The topological polar surface area (TPSA) is 121 Å². The highest BCUT2D eigenvalue weighted by atomic mass is 32.2. The van der Waals surface area contributed by atoms with Gasteiger partial charge in [0.25, 0.3) is 0 Å². The summed E-state index contributed by atoms with van der Waals surface area (Å²) in [4.78, 5) is 12.9. The van der Waals surface area contributed by atoms with Crippen LogP contribution in [0.2, 0.25) is 0 Å². The van der Waals surface area contributed by atoms with E-state index in [4.69, 9.17) is 5.73 Å². The molecule has 1 fully saturated rings. The number of carbonyl (C=O) groups is 1. The quantitative estimate of drug-likeness (QED) is 0.718. The maximum absolute atomic E-state index is 11.9. The molecule has 3 unspecified atom stereocenters. The van der Waals surface area contributed by atoms with Gasteiger partial charge in [-0.15, -0.1) is 0 Å². The van der Waals surface area contributed by atoms with Crippen molar-refractivity contribution in [3.8, 4) is 0 Å². The first-order valence-electron chi connectivity index (χ1n) is 7.82. The van der Waals surface area contributed by atoms with E-state index in [-0.39, 0.29) is 32.4 Å². The Bertz CT molecular complexity index is 679. The number of amides is 1. The summed E-state index contributed by atoms with van der Waals surface area (Å²) in [6.45, 7) is -0.0493. The standard InChI is InChI=1S/C16H24N2O5S/c1-24(22,23)13-7-8-16(21,11-17)14(9-13)18(15(19)20)10-12-5-3-2-4-6-12/h2-6,13-14,21H,7-11,17H2,1H3,(H,19,20). The van der Waals surface area contributed by atoms with Crippen molar-refractivity contribution < 1.29 is 23.4 Å². The predicted molar refractivity (Wildman–Crippen MR) is 90.3 cm³/mol. The number of hydrogen-bond acceptors (Lipinski definition) is 5.